The van der Waals surface area contributed by atoms with Gasteiger partial charge in [-0.3, -0.25) is 0 Å². The van der Waals surface area contributed by atoms with Crippen molar-refractivity contribution < 1.29 is 4.74 Å². The van der Waals surface area contributed by atoms with Crippen molar-refractivity contribution in [1.82, 2.24) is 5.32 Å². The first-order valence-corrected chi connectivity index (χ1v) is 7.89. The van der Waals surface area contributed by atoms with E-state index in [9.17, 15) is 0 Å². The van der Waals surface area contributed by atoms with Crippen LogP contribution in [0.3, 0.4) is 0 Å². The van der Waals surface area contributed by atoms with Crippen molar-refractivity contribution in [2.45, 2.75) is 51.9 Å². The van der Waals surface area contributed by atoms with E-state index in [0.29, 0.717) is 0 Å². The molecule has 0 aromatic heterocycles. The van der Waals surface area contributed by atoms with Gasteiger partial charge in [-0.1, -0.05) is 51.5 Å². The molecule has 0 atom stereocenters. The second-order valence-electron chi connectivity index (χ2n) is 6.18. The Morgan fingerprint density at radius 3 is 2.40 bits per heavy atom. The molecule has 0 heterocycles. The van der Waals surface area contributed by atoms with Crippen LogP contribution in [0.5, 0.6) is 0 Å². The van der Waals surface area contributed by atoms with E-state index < -0.39 is 0 Å². The van der Waals surface area contributed by atoms with E-state index in [4.69, 9.17) is 4.74 Å². The molecule has 0 amide bonds. The molecule has 0 fully saturated rings. The van der Waals surface area contributed by atoms with E-state index >= 15 is 0 Å². The molecule has 0 radical (unpaired) electrons. The number of nitrogens with one attached hydrogen (secondary N) is 1. The summed E-state index contributed by atoms with van der Waals surface area (Å²) in [7, 11) is 1.74. The van der Waals surface area contributed by atoms with Gasteiger partial charge in [-0.2, -0.15) is 0 Å². The van der Waals surface area contributed by atoms with Crippen LogP contribution in [-0.2, 0) is 16.6 Å². The van der Waals surface area contributed by atoms with Gasteiger partial charge in [0.1, 0.15) is 0 Å². The van der Waals surface area contributed by atoms with Crippen LogP contribution in [0.25, 0.3) is 0 Å². The molecule has 20 heavy (non-hydrogen) atoms. The Morgan fingerprint density at radius 2 is 1.80 bits per heavy atom. The number of methoxy groups -OCH3 is 1. The molecule has 2 nitrogen and oxygen atoms in total. The summed E-state index contributed by atoms with van der Waals surface area (Å²) in [6, 6.07) is 9.20. The Bertz CT molecular complexity index is 356. The smallest absolute Gasteiger partial charge is 0.0587 e. The lowest BCUT2D eigenvalue weighted by atomic mass is 9.81. The highest BCUT2D eigenvalue weighted by Gasteiger charge is 2.19. The van der Waals surface area contributed by atoms with Crippen molar-refractivity contribution in [3.8, 4) is 0 Å². The van der Waals surface area contributed by atoms with Crippen LogP contribution in [0.1, 0.15) is 51.2 Å². The van der Waals surface area contributed by atoms with Gasteiger partial charge in [0.2, 0.25) is 0 Å². The van der Waals surface area contributed by atoms with Gasteiger partial charge < -0.3 is 10.1 Å². The number of hydrogen-bond donors (Lipinski definition) is 1. The molecule has 0 saturated heterocycles. The van der Waals surface area contributed by atoms with Gasteiger partial charge in [0, 0.05) is 13.7 Å². The average Bonchev–Trinajstić information content (AvgIpc) is 2.45. The van der Waals surface area contributed by atoms with Gasteiger partial charge in [-0.25, -0.2) is 0 Å². The highest BCUT2D eigenvalue weighted by molar-refractivity contribution is 5.28. The minimum absolute atomic E-state index is 0.226. The fourth-order valence-electron chi connectivity index (χ4n) is 2.35. The Hall–Kier alpha value is -0.860. The SMILES string of the molecule is CCCCc1ccc(C(C)(C)CCNCCOC)cc1. The van der Waals surface area contributed by atoms with Crippen molar-refractivity contribution in [2.75, 3.05) is 26.8 Å². The highest BCUT2D eigenvalue weighted by Crippen LogP contribution is 2.27. The molecular weight excluding hydrogens is 246 g/mol. The fourth-order valence-corrected chi connectivity index (χ4v) is 2.35. The molecule has 2 heteroatoms. The first kappa shape index (κ1) is 17.2. The lowest BCUT2D eigenvalue weighted by Crippen LogP contribution is -2.27. The van der Waals surface area contributed by atoms with Crippen molar-refractivity contribution in [1.29, 1.82) is 0 Å². The zero-order chi connectivity index (χ0) is 14.8. The van der Waals surface area contributed by atoms with Crippen molar-refractivity contribution in [3.63, 3.8) is 0 Å². The maximum absolute atomic E-state index is 5.04. The summed E-state index contributed by atoms with van der Waals surface area (Å²) in [5.74, 6) is 0. The Balaban J connectivity index is 2.45. The molecule has 0 spiro atoms. The van der Waals surface area contributed by atoms with Gasteiger partial charge in [0.05, 0.1) is 6.61 Å². The molecule has 0 aliphatic carbocycles. The third-order valence-electron chi connectivity index (χ3n) is 3.96. The first-order valence-electron chi connectivity index (χ1n) is 7.89. The van der Waals surface area contributed by atoms with Crippen LogP contribution < -0.4 is 5.32 Å². The third-order valence-corrected chi connectivity index (χ3v) is 3.96. The van der Waals surface area contributed by atoms with Crippen LogP contribution in [0.15, 0.2) is 24.3 Å². The highest BCUT2D eigenvalue weighted by atomic mass is 16.5. The average molecular weight is 277 g/mol. The fraction of sp³-hybridized carbons (Fsp3) is 0.667. The van der Waals surface area contributed by atoms with E-state index in [1.54, 1.807) is 7.11 Å². The largest absolute Gasteiger partial charge is 0.383 e. The monoisotopic (exact) mass is 277 g/mol. The molecule has 0 saturated carbocycles. The predicted molar refractivity (Wildman–Crippen MR) is 87.4 cm³/mol. The lowest BCUT2D eigenvalue weighted by molar-refractivity contribution is 0.198. The summed E-state index contributed by atoms with van der Waals surface area (Å²) in [4.78, 5) is 0. The summed E-state index contributed by atoms with van der Waals surface area (Å²) in [6.07, 6.45) is 4.90. The maximum atomic E-state index is 5.04. The molecule has 0 unspecified atom stereocenters. The van der Waals surface area contributed by atoms with Crippen LogP contribution >= 0.6 is 0 Å². The Kier molecular flexibility index (Phi) is 7.86. The second-order valence-corrected chi connectivity index (χ2v) is 6.18. The zero-order valence-corrected chi connectivity index (χ0v) is 13.7. The molecular formula is C18H31NO. The number of benzene rings is 1. The third kappa shape index (κ3) is 6.06. The van der Waals surface area contributed by atoms with Gasteiger partial charge in [0.15, 0.2) is 0 Å². The normalized spacial score (nSPS) is 11.8. The molecule has 114 valence electrons. The molecule has 0 aliphatic rings. The standard InChI is InChI=1S/C18H31NO/c1-5-6-7-16-8-10-17(11-9-16)18(2,3)12-13-19-14-15-20-4/h8-11,19H,5-7,12-15H2,1-4H3. The molecule has 0 bridgehead atoms. The van der Waals surface area contributed by atoms with E-state index in [1.165, 1.54) is 30.4 Å². The van der Waals surface area contributed by atoms with Crippen LogP contribution in [0.2, 0.25) is 0 Å². The lowest BCUT2D eigenvalue weighted by Gasteiger charge is -2.25. The molecule has 1 rings (SSSR count). The summed E-state index contributed by atoms with van der Waals surface area (Å²) < 4.78 is 5.04. The predicted octanol–water partition coefficient (Wildman–Crippen LogP) is 3.93. The number of ether oxygens (including phenoxy) is 1. The Labute approximate surface area is 124 Å². The molecule has 0 aliphatic heterocycles. The van der Waals surface area contributed by atoms with E-state index in [0.717, 1.165) is 26.1 Å². The van der Waals surface area contributed by atoms with Crippen molar-refractivity contribution in [3.05, 3.63) is 35.4 Å². The molecule has 1 aromatic rings. The quantitative estimate of drug-likeness (QED) is 0.654. The summed E-state index contributed by atoms with van der Waals surface area (Å²) >= 11 is 0. The first-order chi connectivity index (χ1) is 9.60. The number of rotatable bonds is 10. The van der Waals surface area contributed by atoms with Gasteiger partial charge >= 0.3 is 0 Å². The number of aryl methyl sites for hydroxylation is 1. The second kappa shape index (κ2) is 9.15. The van der Waals surface area contributed by atoms with E-state index in [2.05, 4.69) is 50.4 Å². The van der Waals surface area contributed by atoms with Gasteiger partial charge in [-0.15, -0.1) is 0 Å². The zero-order valence-electron chi connectivity index (χ0n) is 13.7. The minimum atomic E-state index is 0.226. The maximum Gasteiger partial charge on any atom is 0.0587 e. The van der Waals surface area contributed by atoms with E-state index in [-0.39, 0.29) is 5.41 Å². The van der Waals surface area contributed by atoms with Crippen LogP contribution in [0.4, 0.5) is 0 Å². The topological polar surface area (TPSA) is 21.3 Å². The minimum Gasteiger partial charge on any atom is -0.383 e. The molecule has 1 aromatic carbocycles. The summed E-state index contributed by atoms with van der Waals surface area (Å²) in [6.45, 7) is 9.65. The van der Waals surface area contributed by atoms with Crippen molar-refractivity contribution >= 4 is 0 Å². The molecule has 1 N–H and O–H groups in total. The van der Waals surface area contributed by atoms with Gasteiger partial charge in [-0.05, 0) is 42.3 Å². The van der Waals surface area contributed by atoms with E-state index in [1.807, 2.05) is 0 Å². The number of hydrogen-bond acceptors (Lipinski definition) is 2. The summed E-state index contributed by atoms with van der Waals surface area (Å²) in [5.41, 5.74) is 3.12. The number of unbranched alkanes of at least 4 members (excludes halogenated alkanes) is 1. The van der Waals surface area contributed by atoms with Crippen molar-refractivity contribution in [2.24, 2.45) is 0 Å². The summed E-state index contributed by atoms with van der Waals surface area (Å²) in [5, 5.41) is 3.43. The van der Waals surface area contributed by atoms with Gasteiger partial charge in [0.25, 0.3) is 0 Å². The van der Waals surface area contributed by atoms with Crippen LogP contribution in [-0.4, -0.2) is 26.8 Å². The van der Waals surface area contributed by atoms with Crippen LogP contribution in [0, 0.1) is 0 Å². The Morgan fingerprint density at radius 1 is 1.10 bits per heavy atom.